The summed E-state index contributed by atoms with van der Waals surface area (Å²) in [6.45, 7) is 4.03. The Hall–Kier alpha value is -2.26. The maximum Gasteiger partial charge on any atom is 0.251 e. The summed E-state index contributed by atoms with van der Waals surface area (Å²) in [5, 5.41) is 2.91. The second-order valence-corrected chi connectivity index (χ2v) is 9.83. The summed E-state index contributed by atoms with van der Waals surface area (Å²) in [7, 11) is -3.69. The van der Waals surface area contributed by atoms with Crippen molar-refractivity contribution in [3.05, 3.63) is 65.2 Å². The molecule has 4 rings (SSSR count). The molecule has 1 fully saturated rings. The predicted octanol–water partition coefficient (Wildman–Crippen LogP) is 1.93. The fourth-order valence-corrected chi connectivity index (χ4v) is 5.18. The highest BCUT2D eigenvalue weighted by Gasteiger charge is 2.21. The van der Waals surface area contributed by atoms with Crippen molar-refractivity contribution in [2.45, 2.75) is 36.8 Å². The quantitative estimate of drug-likeness (QED) is 0.651. The van der Waals surface area contributed by atoms with Gasteiger partial charge in [-0.25, -0.2) is 13.1 Å². The van der Waals surface area contributed by atoms with E-state index in [9.17, 15) is 13.2 Å². The highest BCUT2D eigenvalue weighted by molar-refractivity contribution is 7.89. The monoisotopic (exact) mass is 443 g/mol. The van der Waals surface area contributed by atoms with Crippen molar-refractivity contribution in [2.75, 3.05) is 32.8 Å². The molecule has 1 amide bonds. The number of benzene rings is 2. The van der Waals surface area contributed by atoms with E-state index in [1.807, 2.05) is 0 Å². The fourth-order valence-electron chi connectivity index (χ4n) is 4.07. The average molecular weight is 444 g/mol. The highest BCUT2D eigenvalue weighted by atomic mass is 32.2. The van der Waals surface area contributed by atoms with Crippen LogP contribution in [0.15, 0.2) is 53.4 Å². The van der Waals surface area contributed by atoms with Crippen molar-refractivity contribution in [1.29, 1.82) is 0 Å². The third-order valence-corrected chi connectivity index (χ3v) is 7.28. The van der Waals surface area contributed by atoms with E-state index in [0.29, 0.717) is 18.7 Å². The van der Waals surface area contributed by atoms with Crippen molar-refractivity contribution in [2.24, 2.45) is 0 Å². The van der Waals surface area contributed by atoms with Gasteiger partial charge < -0.3 is 10.1 Å². The van der Waals surface area contributed by atoms with Crippen molar-refractivity contribution in [3.8, 4) is 0 Å². The minimum absolute atomic E-state index is 0.0805. The standard InChI is InChI=1S/C23H29N3O4S/c27-23(24-11-13-26-12-10-18-5-1-2-6-20(18)17-26)19-7-3-9-22(15-19)31(28,29)25-16-21-8-4-14-30-21/h1-3,5-7,9,15,21,25H,4,8,10-14,16-17H2,(H,24,27). The van der Waals surface area contributed by atoms with E-state index in [0.717, 1.165) is 38.9 Å². The molecule has 2 N–H and O–H groups in total. The molecule has 0 aromatic heterocycles. The number of carbonyl (C=O) groups is 1. The molecular weight excluding hydrogens is 414 g/mol. The Morgan fingerprint density at radius 1 is 1.13 bits per heavy atom. The second-order valence-electron chi connectivity index (χ2n) is 8.07. The van der Waals surface area contributed by atoms with Crippen molar-refractivity contribution in [1.82, 2.24) is 14.9 Å². The summed E-state index contributed by atoms with van der Waals surface area (Å²) in [6, 6.07) is 14.6. The zero-order chi connectivity index (χ0) is 21.7. The number of hydrogen-bond donors (Lipinski definition) is 2. The number of rotatable bonds is 8. The van der Waals surface area contributed by atoms with Crippen LogP contribution in [0.4, 0.5) is 0 Å². The van der Waals surface area contributed by atoms with Crippen LogP contribution in [-0.2, 0) is 27.7 Å². The molecular formula is C23H29N3O4S. The SMILES string of the molecule is O=C(NCCN1CCc2ccccc2C1)c1cccc(S(=O)(=O)NCC2CCCO2)c1. The molecule has 7 nitrogen and oxygen atoms in total. The molecule has 2 aliphatic rings. The number of hydrogen-bond acceptors (Lipinski definition) is 5. The molecule has 0 aliphatic carbocycles. The van der Waals surface area contributed by atoms with Crippen LogP contribution in [0.1, 0.15) is 34.3 Å². The van der Waals surface area contributed by atoms with Gasteiger partial charge >= 0.3 is 0 Å². The van der Waals surface area contributed by atoms with Crippen LogP contribution in [0.5, 0.6) is 0 Å². The summed E-state index contributed by atoms with van der Waals surface area (Å²) in [5.74, 6) is -0.270. The Morgan fingerprint density at radius 2 is 1.97 bits per heavy atom. The molecule has 0 bridgehead atoms. The normalized spacial score (nSPS) is 19.2. The Kier molecular flexibility index (Phi) is 7.02. The van der Waals surface area contributed by atoms with Gasteiger partial charge in [0.05, 0.1) is 11.0 Å². The lowest BCUT2D eigenvalue weighted by molar-refractivity contribution is 0.0947. The van der Waals surface area contributed by atoms with Crippen LogP contribution in [0, 0.1) is 0 Å². The zero-order valence-corrected chi connectivity index (χ0v) is 18.4. The van der Waals surface area contributed by atoms with E-state index < -0.39 is 10.0 Å². The molecule has 1 saturated heterocycles. The van der Waals surface area contributed by atoms with Gasteiger partial charge in [0.15, 0.2) is 0 Å². The molecule has 1 atom stereocenters. The van der Waals surface area contributed by atoms with Crippen LogP contribution in [0.3, 0.4) is 0 Å². The molecule has 0 radical (unpaired) electrons. The fraction of sp³-hybridized carbons (Fsp3) is 0.435. The minimum atomic E-state index is -3.69. The first kappa shape index (κ1) is 22.0. The van der Waals surface area contributed by atoms with Crippen LogP contribution >= 0.6 is 0 Å². The number of nitrogens with zero attached hydrogens (tertiary/aromatic N) is 1. The van der Waals surface area contributed by atoms with E-state index in [4.69, 9.17) is 4.74 Å². The summed E-state index contributed by atoms with van der Waals surface area (Å²) in [5.41, 5.74) is 3.08. The topological polar surface area (TPSA) is 87.7 Å². The number of amides is 1. The smallest absolute Gasteiger partial charge is 0.251 e. The molecule has 0 spiro atoms. The van der Waals surface area contributed by atoms with Crippen LogP contribution in [0.2, 0.25) is 0 Å². The Bertz CT molecular complexity index is 1020. The van der Waals surface area contributed by atoms with Crippen LogP contribution < -0.4 is 10.0 Å². The maximum absolute atomic E-state index is 12.6. The zero-order valence-electron chi connectivity index (χ0n) is 17.5. The summed E-state index contributed by atoms with van der Waals surface area (Å²) < 4.78 is 33.2. The average Bonchev–Trinajstić information content (AvgIpc) is 3.32. The molecule has 166 valence electrons. The Morgan fingerprint density at radius 3 is 2.77 bits per heavy atom. The number of ether oxygens (including phenoxy) is 1. The molecule has 8 heteroatoms. The van der Waals surface area contributed by atoms with Crippen LogP contribution in [0.25, 0.3) is 0 Å². The molecule has 1 unspecified atom stereocenters. The highest BCUT2D eigenvalue weighted by Crippen LogP contribution is 2.18. The van der Waals surface area contributed by atoms with Gasteiger partial charge in [0.1, 0.15) is 0 Å². The second kappa shape index (κ2) is 9.91. The summed E-state index contributed by atoms with van der Waals surface area (Å²) >= 11 is 0. The predicted molar refractivity (Wildman–Crippen MR) is 118 cm³/mol. The lowest BCUT2D eigenvalue weighted by Crippen LogP contribution is -2.37. The van der Waals surface area contributed by atoms with Gasteiger partial charge in [-0.15, -0.1) is 0 Å². The van der Waals surface area contributed by atoms with E-state index in [1.54, 1.807) is 12.1 Å². The largest absolute Gasteiger partial charge is 0.377 e. The number of nitrogens with one attached hydrogen (secondary N) is 2. The molecule has 31 heavy (non-hydrogen) atoms. The van der Waals surface area contributed by atoms with Gasteiger partial charge in [-0.3, -0.25) is 9.69 Å². The molecule has 2 aromatic rings. The van der Waals surface area contributed by atoms with Gasteiger partial charge in [0, 0.05) is 44.9 Å². The molecule has 2 heterocycles. The van der Waals surface area contributed by atoms with Gasteiger partial charge in [0.25, 0.3) is 5.91 Å². The van der Waals surface area contributed by atoms with E-state index >= 15 is 0 Å². The van der Waals surface area contributed by atoms with E-state index in [1.165, 1.54) is 23.3 Å². The van der Waals surface area contributed by atoms with Crippen molar-refractivity contribution >= 4 is 15.9 Å². The first-order valence-electron chi connectivity index (χ1n) is 10.8. The number of fused-ring (bicyclic) bond motifs is 1. The molecule has 0 saturated carbocycles. The first-order valence-corrected chi connectivity index (χ1v) is 12.3. The van der Waals surface area contributed by atoms with Gasteiger partial charge in [-0.2, -0.15) is 0 Å². The number of carbonyl (C=O) groups excluding carboxylic acids is 1. The van der Waals surface area contributed by atoms with Gasteiger partial charge in [-0.05, 0) is 48.6 Å². The third-order valence-electron chi connectivity index (χ3n) is 5.85. The summed E-state index contributed by atoms with van der Waals surface area (Å²) in [4.78, 5) is 15.0. The van der Waals surface area contributed by atoms with E-state index in [2.05, 4.69) is 39.2 Å². The van der Waals surface area contributed by atoms with Crippen LogP contribution in [-0.4, -0.2) is 58.1 Å². The van der Waals surface area contributed by atoms with Crippen molar-refractivity contribution in [3.63, 3.8) is 0 Å². The van der Waals surface area contributed by atoms with Crippen molar-refractivity contribution < 1.29 is 17.9 Å². The molecule has 2 aromatic carbocycles. The van der Waals surface area contributed by atoms with Gasteiger partial charge in [-0.1, -0.05) is 30.3 Å². The third kappa shape index (κ3) is 5.71. The minimum Gasteiger partial charge on any atom is -0.377 e. The Balaban J connectivity index is 1.29. The van der Waals surface area contributed by atoms with E-state index in [-0.39, 0.29) is 23.5 Å². The molecule has 2 aliphatic heterocycles. The lowest BCUT2D eigenvalue weighted by Gasteiger charge is -2.28. The maximum atomic E-state index is 12.6. The first-order chi connectivity index (χ1) is 15.0. The summed E-state index contributed by atoms with van der Waals surface area (Å²) in [6.07, 6.45) is 2.74. The van der Waals surface area contributed by atoms with Gasteiger partial charge in [0.2, 0.25) is 10.0 Å². The lowest BCUT2D eigenvalue weighted by atomic mass is 10.00. The number of sulfonamides is 1. The Labute approximate surface area is 183 Å².